The third-order valence-electron chi connectivity index (χ3n) is 7.94. The fourth-order valence-electron chi connectivity index (χ4n) is 6.43. The fraction of sp³-hybridized carbons (Fsp3) is 0.500. The Kier molecular flexibility index (Phi) is 8.06. The van der Waals surface area contributed by atoms with Crippen LogP contribution in [-0.2, 0) is 21.5 Å². The highest BCUT2D eigenvalue weighted by molar-refractivity contribution is 5.73. The van der Waals surface area contributed by atoms with E-state index in [0.29, 0.717) is 6.54 Å². The van der Waals surface area contributed by atoms with Crippen LogP contribution in [0.25, 0.3) is 0 Å². The number of benzene rings is 2. The van der Waals surface area contributed by atoms with Crippen LogP contribution in [0.4, 0.5) is 9.18 Å². The van der Waals surface area contributed by atoms with Crippen molar-refractivity contribution < 1.29 is 18.7 Å². The van der Waals surface area contributed by atoms with Gasteiger partial charge in [0, 0.05) is 31.3 Å². The molecule has 1 aliphatic heterocycles. The number of nitrogens with two attached hydrogens (primary N) is 1. The van der Waals surface area contributed by atoms with Crippen molar-refractivity contribution in [1.29, 1.82) is 0 Å². The summed E-state index contributed by atoms with van der Waals surface area (Å²) in [6.07, 6.45) is 3.12. The lowest BCUT2D eigenvalue weighted by Crippen LogP contribution is -2.55. The van der Waals surface area contributed by atoms with Crippen molar-refractivity contribution in [3.05, 3.63) is 71.5 Å². The molecule has 0 spiro atoms. The van der Waals surface area contributed by atoms with E-state index in [1.54, 1.807) is 12.1 Å². The van der Waals surface area contributed by atoms with Crippen molar-refractivity contribution in [2.75, 3.05) is 19.6 Å². The molecule has 1 heterocycles. The number of primary amides is 1. The van der Waals surface area contributed by atoms with Gasteiger partial charge in [-0.25, -0.2) is 9.18 Å². The van der Waals surface area contributed by atoms with Gasteiger partial charge in [0.2, 0.25) is 5.91 Å². The fourth-order valence-corrected chi connectivity index (χ4v) is 6.43. The summed E-state index contributed by atoms with van der Waals surface area (Å²) in [4.78, 5) is 26.3. The Balaban J connectivity index is 1.67. The minimum atomic E-state index is -0.785. The summed E-state index contributed by atoms with van der Waals surface area (Å²) in [7, 11) is 0. The maximum absolute atomic E-state index is 14.6. The zero-order valence-corrected chi connectivity index (χ0v) is 20.4. The molecular weight excluding hydrogens is 445 g/mol. The van der Waals surface area contributed by atoms with Gasteiger partial charge in [0.25, 0.3) is 0 Å². The quantitative estimate of drug-likeness (QED) is 0.586. The molecule has 35 heavy (non-hydrogen) atoms. The molecule has 2 amide bonds. The highest BCUT2D eigenvalue weighted by atomic mass is 19.1. The summed E-state index contributed by atoms with van der Waals surface area (Å²) in [5.41, 5.74) is 7.01. The van der Waals surface area contributed by atoms with Crippen molar-refractivity contribution >= 4 is 12.0 Å². The van der Waals surface area contributed by atoms with Gasteiger partial charge in [-0.05, 0) is 74.4 Å². The van der Waals surface area contributed by atoms with Gasteiger partial charge in [0.05, 0.1) is 0 Å². The van der Waals surface area contributed by atoms with Crippen molar-refractivity contribution in [2.45, 2.75) is 57.1 Å². The van der Waals surface area contributed by atoms with Crippen LogP contribution in [0.5, 0.6) is 0 Å². The molecule has 4 rings (SSSR count). The van der Waals surface area contributed by atoms with E-state index in [0.717, 1.165) is 57.3 Å². The number of hydrogen-bond acceptors (Lipinski definition) is 4. The maximum atomic E-state index is 14.6. The van der Waals surface area contributed by atoms with Crippen LogP contribution in [0.1, 0.15) is 50.2 Å². The second-order valence-electron chi connectivity index (χ2n) is 10.0. The number of rotatable bonds is 8. The van der Waals surface area contributed by atoms with Gasteiger partial charge in [-0.2, -0.15) is 0 Å². The summed E-state index contributed by atoms with van der Waals surface area (Å²) < 4.78 is 20.2. The lowest BCUT2D eigenvalue weighted by molar-refractivity contribution is -0.119. The molecule has 2 aromatic carbocycles. The van der Waals surface area contributed by atoms with E-state index >= 15 is 0 Å². The number of nitrogens with one attached hydrogen (secondary N) is 1. The molecule has 0 radical (unpaired) electrons. The molecule has 1 aliphatic carbocycles. The Bertz CT molecular complexity index is 1010. The third kappa shape index (κ3) is 5.84. The predicted molar refractivity (Wildman–Crippen MR) is 133 cm³/mol. The molecule has 2 aromatic rings. The van der Waals surface area contributed by atoms with E-state index in [-0.39, 0.29) is 29.7 Å². The molecule has 0 bridgehead atoms. The summed E-state index contributed by atoms with van der Waals surface area (Å²) in [6.45, 7) is 4.59. The molecule has 6 nitrogen and oxygen atoms in total. The van der Waals surface area contributed by atoms with E-state index in [9.17, 15) is 14.0 Å². The highest BCUT2D eigenvalue weighted by Gasteiger charge is 2.52. The van der Waals surface area contributed by atoms with Crippen molar-refractivity contribution in [1.82, 2.24) is 10.2 Å². The molecule has 7 heteroatoms. The molecule has 0 aromatic heterocycles. The van der Waals surface area contributed by atoms with Gasteiger partial charge in [-0.1, -0.05) is 42.5 Å². The van der Waals surface area contributed by atoms with Crippen LogP contribution in [0, 0.1) is 17.7 Å². The molecular formula is C28H36FN3O3. The first-order valence-electron chi connectivity index (χ1n) is 12.6. The van der Waals surface area contributed by atoms with Crippen LogP contribution in [-0.4, -0.2) is 42.6 Å². The minimum absolute atomic E-state index is 0.0608. The lowest BCUT2D eigenvalue weighted by Gasteiger charge is -2.50. The Labute approximate surface area is 207 Å². The van der Waals surface area contributed by atoms with Crippen LogP contribution in [0.2, 0.25) is 0 Å². The number of nitrogens with zero attached hydrogens (tertiary/aromatic N) is 1. The average Bonchev–Trinajstić information content (AvgIpc) is 3.29. The summed E-state index contributed by atoms with van der Waals surface area (Å²) >= 11 is 0. The monoisotopic (exact) mass is 481 g/mol. The van der Waals surface area contributed by atoms with Gasteiger partial charge in [-0.15, -0.1) is 0 Å². The SMILES string of the molecule is CC(=O)NC[C@@](c1cccc(F)c1)(C1CCN(Cc2ccccc2)CC1)[C@H]1CCC[C@@H]1OC(N)=O. The number of carbonyl (C=O) groups excluding carboxylic acids is 2. The number of likely N-dealkylation sites (tertiary alicyclic amines) is 1. The van der Waals surface area contributed by atoms with E-state index < -0.39 is 11.5 Å². The van der Waals surface area contributed by atoms with Crippen molar-refractivity contribution in [2.24, 2.45) is 17.6 Å². The highest BCUT2D eigenvalue weighted by Crippen LogP contribution is 2.51. The Morgan fingerprint density at radius 1 is 1.09 bits per heavy atom. The van der Waals surface area contributed by atoms with Gasteiger partial charge < -0.3 is 15.8 Å². The summed E-state index contributed by atoms with van der Waals surface area (Å²) in [6, 6.07) is 17.2. The first kappa shape index (κ1) is 25.2. The maximum Gasteiger partial charge on any atom is 0.404 e. The number of piperidine rings is 1. The molecule has 3 N–H and O–H groups in total. The average molecular weight is 482 g/mol. The number of ether oxygens (including phenoxy) is 1. The topological polar surface area (TPSA) is 84.7 Å². The number of amides is 2. The zero-order chi connectivity index (χ0) is 24.8. The molecule has 1 saturated heterocycles. The minimum Gasteiger partial charge on any atom is -0.446 e. The standard InChI is InChI=1S/C28H36FN3O3/c1-20(33)31-19-28(23-9-5-10-24(29)17-23,25-11-6-12-26(25)35-27(30)34)22-13-15-32(16-14-22)18-21-7-3-2-4-8-21/h2-5,7-10,17,22,25-26H,6,11-16,18-19H2,1H3,(H2,30,34)(H,31,33)/t25-,26-,28-/m0/s1. The van der Waals surface area contributed by atoms with Crippen LogP contribution in [0.15, 0.2) is 54.6 Å². The first-order valence-corrected chi connectivity index (χ1v) is 12.6. The van der Waals surface area contributed by atoms with Crippen molar-refractivity contribution in [3.63, 3.8) is 0 Å². The Hall–Kier alpha value is -2.93. The van der Waals surface area contributed by atoms with E-state index in [4.69, 9.17) is 10.5 Å². The predicted octanol–water partition coefficient (Wildman–Crippen LogP) is 4.38. The van der Waals surface area contributed by atoms with Gasteiger partial charge in [0.15, 0.2) is 0 Å². The van der Waals surface area contributed by atoms with Gasteiger partial charge in [0.1, 0.15) is 11.9 Å². The largest absolute Gasteiger partial charge is 0.446 e. The van der Waals surface area contributed by atoms with E-state index in [2.05, 4.69) is 34.5 Å². The Morgan fingerprint density at radius 3 is 2.49 bits per heavy atom. The van der Waals surface area contributed by atoms with Gasteiger partial charge in [-0.3, -0.25) is 9.69 Å². The zero-order valence-electron chi connectivity index (χ0n) is 20.4. The third-order valence-corrected chi connectivity index (χ3v) is 7.94. The van der Waals surface area contributed by atoms with Crippen molar-refractivity contribution in [3.8, 4) is 0 Å². The van der Waals surface area contributed by atoms with Crippen LogP contribution < -0.4 is 11.1 Å². The molecule has 0 unspecified atom stereocenters. The molecule has 1 saturated carbocycles. The van der Waals surface area contributed by atoms with Crippen LogP contribution >= 0.6 is 0 Å². The van der Waals surface area contributed by atoms with E-state index in [1.165, 1.54) is 18.6 Å². The molecule has 2 fully saturated rings. The molecule has 188 valence electrons. The summed E-state index contributed by atoms with van der Waals surface area (Å²) in [5, 5.41) is 3.06. The normalized spacial score (nSPS) is 22.9. The smallest absolute Gasteiger partial charge is 0.404 e. The van der Waals surface area contributed by atoms with E-state index in [1.807, 2.05) is 12.1 Å². The summed E-state index contributed by atoms with van der Waals surface area (Å²) in [5.74, 6) is -0.307. The lowest BCUT2D eigenvalue weighted by atomic mass is 9.58. The number of carbonyl (C=O) groups is 2. The van der Waals surface area contributed by atoms with Gasteiger partial charge >= 0.3 is 6.09 Å². The first-order chi connectivity index (χ1) is 16.9. The molecule has 3 atom stereocenters. The number of halogens is 1. The number of hydrogen-bond donors (Lipinski definition) is 2. The Morgan fingerprint density at radius 2 is 1.83 bits per heavy atom. The second-order valence-corrected chi connectivity index (χ2v) is 10.0. The van der Waals surface area contributed by atoms with Crippen LogP contribution in [0.3, 0.4) is 0 Å². The second kappa shape index (κ2) is 11.2. The molecule has 2 aliphatic rings.